The minimum Gasteiger partial charge on any atom is -0.342 e. The van der Waals surface area contributed by atoms with Crippen LogP contribution >= 0.6 is 11.8 Å². The third-order valence-electron chi connectivity index (χ3n) is 5.56. The number of amides is 1. The molecule has 2 fully saturated rings. The second-order valence-corrected chi connectivity index (χ2v) is 8.28. The monoisotopic (exact) mass is 365 g/mol. The van der Waals surface area contributed by atoms with Crippen LogP contribution in [0.2, 0.25) is 0 Å². The summed E-state index contributed by atoms with van der Waals surface area (Å²) in [6.07, 6.45) is 3.72. The Balaban J connectivity index is 1.48. The van der Waals surface area contributed by atoms with Crippen LogP contribution in [0.15, 0.2) is 5.16 Å². The lowest BCUT2D eigenvalue weighted by molar-refractivity contribution is -0.130. The number of piperidine rings is 1. The number of likely N-dealkylation sites (tertiary alicyclic amines) is 2. The lowest BCUT2D eigenvalue weighted by atomic mass is 9.76. The molecule has 0 radical (unpaired) electrons. The molecule has 1 N–H and O–H groups in total. The molecular formula is C17H27N5O2S. The third-order valence-corrected chi connectivity index (χ3v) is 6.39. The fourth-order valence-corrected chi connectivity index (χ4v) is 4.75. The number of ketones is 1. The molecule has 0 saturated carbocycles. The van der Waals surface area contributed by atoms with Crippen LogP contribution in [0.4, 0.5) is 0 Å². The van der Waals surface area contributed by atoms with Gasteiger partial charge in [-0.15, -0.1) is 5.10 Å². The van der Waals surface area contributed by atoms with Gasteiger partial charge in [-0.25, -0.2) is 4.98 Å². The Labute approximate surface area is 152 Å². The number of aromatic nitrogens is 3. The summed E-state index contributed by atoms with van der Waals surface area (Å²) < 4.78 is 0. The molecule has 138 valence electrons. The largest absolute Gasteiger partial charge is 0.342 e. The number of H-pyrrole nitrogens is 1. The zero-order valence-electron chi connectivity index (χ0n) is 15.2. The van der Waals surface area contributed by atoms with E-state index in [0.717, 1.165) is 51.1 Å². The number of hydrogen-bond donors (Lipinski definition) is 1. The maximum atomic E-state index is 12.5. The van der Waals surface area contributed by atoms with Gasteiger partial charge in [0.25, 0.3) is 0 Å². The molecule has 0 bridgehead atoms. The quantitative estimate of drug-likeness (QED) is 0.794. The van der Waals surface area contributed by atoms with E-state index in [1.165, 1.54) is 11.8 Å². The first-order valence-electron chi connectivity index (χ1n) is 8.95. The highest BCUT2D eigenvalue weighted by atomic mass is 32.2. The highest BCUT2D eigenvalue weighted by molar-refractivity contribution is 7.99. The predicted molar refractivity (Wildman–Crippen MR) is 96.4 cm³/mol. The Morgan fingerprint density at radius 1 is 1.36 bits per heavy atom. The molecule has 8 heteroatoms. The summed E-state index contributed by atoms with van der Waals surface area (Å²) in [5.41, 5.74) is 0.203. The molecule has 1 atom stereocenters. The molecule has 0 aromatic carbocycles. The average Bonchev–Trinajstić information content (AvgIpc) is 3.18. The average molecular weight is 366 g/mol. The van der Waals surface area contributed by atoms with E-state index in [1.54, 1.807) is 6.92 Å². The van der Waals surface area contributed by atoms with Gasteiger partial charge in [0.1, 0.15) is 11.6 Å². The zero-order valence-corrected chi connectivity index (χ0v) is 16.1. The van der Waals surface area contributed by atoms with Crippen LogP contribution in [0.5, 0.6) is 0 Å². The molecule has 25 heavy (non-hydrogen) atoms. The van der Waals surface area contributed by atoms with Gasteiger partial charge in [-0.3, -0.25) is 19.6 Å². The normalized spacial score (nSPS) is 23.3. The molecule has 1 unspecified atom stereocenters. The second-order valence-electron chi connectivity index (χ2n) is 7.33. The van der Waals surface area contributed by atoms with Crippen LogP contribution in [-0.2, 0) is 16.0 Å². The highest BCUT2D eigenvalue weighted by Crippen LogP contribution is 2.43. The molecule has 2 aliphatic rings. The molecule has 2 saturated heterocycles. The van der Waals surface area contributed by atoms with Gasteiger partial charge in [0.2, 0.25) is 11.1 Å². The number of Topliss-reactive ketones (excluding diaryl/α,β-unsaturated/α-hetero) is 1. The Kier molecular flexibility index (Phi) is 5.48. The standard InChI is InChI=1S/C17H27N5O2S/c1-4-14-18-16(20-19-14)25-10-15(24)22-7-5-17(6-8-22)9-13(12(2)23)21(3)11-17/h13H,4-11H2,1-3H3,(H,18,19,20). The van der Waals surface area contributed by atoms with Crippen LogP contribution in [0, 0.1) is 5.41 Å². The van der Waals surface area contributed by atoms with Crippen LogP contribution in [0.3, 0.4) is 0 Å². The maximum absolute atomic E-state index is 12.5. The first kappa shape index (κ1) is 18.4. The van der Waals surface area contributed by atoms with Crippen LogP contribution in [0.25, 0.3) is 0 Å². The number of rotatable bonds is 5. The summed E-state index contributed by atoms with van der Waals surface area (Å²) in [4.78, 5) is 32.7. The Bertz CT molecular complexity index is 639. The van der Waals surface area contributed by atoms with Crippen molar-refractivity contribution in [2.75, 3.05) is 32.4 Å². The Morgan fingerprint density at radius 2 is 2.08 bits per heavy atom. The molecule has 1 aromatic heterocycles. The number of aromatic amines is 1. The van der Waals surface area contributed by atoms with Crippen LogP contribution in [0.1, 0.15) is 38.9 Å². The molecule has 1 aromatic rings. The minimum absolute atomic E-state index is 0.0521. The van der Waals surface area contributed by atoms with Crippen molar-refractivity contribution >= 4 is 23.5 Å². The van der Waals surface area contributed by atoms with Gasteiger partial charge in [0, 0.05) is 26.1 Å². The van der Waals surface area contributed by atoms with E-state index in [-0.39, 0.29) is 23.1 Å². The molecule has 1 amide bonds. The SMILES string of the molecule is CCc1nc(SCC(=O)N2CCC3(CC2)CC(C(C)=O)N(C)C3)n[nH]1. The van der Waals surface area contributed by atoms with Crippen molar-refractivity contribution < 1.29 is 9.59 Å². The van der Waals surface area contributed by atoms with Gasteiger partial charge in [-0.2, -0.15) is 0 Å². The summed E-state index contributed by atoms with van der Waals surface area (Å²) in [7, 11) is 2.04. The number of likely N-dealkylation sites (N-methyl/N-ethyl adjacent to an activating group) is 1. The Morgan fingerprint density at radius 3 is 2.64 bits per heavy atom. The van der Waals surface area contributed by atoms with Crippen molar-refractivity contribution in [1.29, 1.82) is 0 Å². The first-order valence-corrected chi connectivity index (χ1v) is 9.93. The van der Waals surface area contributed by atoms with Gasteiger partial charge in [-0.05, 0) is 38.6 Å². The number of hydrogen-bond acceptors (Lipinski definition) is 6. The number of nitrogens with one attached hydrogen (secondary N) is 1. The van der Waals surface area contributed by atoms with Crippen molar-refractivity contribution in [3.05, 3.63) is 5.82 Å². The van der Waals surface area contributed by atoms with Crippen molar-refractivity contribution in [2.24, 2.45) is 5.41 Å². The van der Waals surface area contributed by atoms with Gasteiger partial charge < -0.3 is 4.90 Å². The lowest BCUT2D eigenvalue weighted by Crippen LogP contribution is -2.44. The van der Waals surface area contributed by atoms with Crippen molar-refractivity contribution in [3.8, 4) is 0 Å². The predicted octanol–water partition coefficient (Wildman–Crippen LogP) is 1.36. The first-order chi connectivity index (χ1) is 11.9. The maximum Gasteiger partial charge on any atom is 0.233 e. The van der Waals surface area contributed by atoms with E-state index < -0.39 is 0 Å². The van der Waals surface area contributed by atoms with Gasteiger partial charge in [-0.1, -0.05) is 18.7 Å². The number of carbonyl (C=O) groups is 2. The van der Waals surface area contributed by atoms with Crippen molar-refractivity contribution in [2.45, 2.75) is 50.7 Å². The van der Waals surface area contributed by atoms with Crippen molar-refractivity contribution in [1.82, 2.24) is 25.0 Å². The van der Waals surface area contributed by atoms with Crippen molar-refractivity contribution in [3.63, 3.8) is 0 Å². The highest BCUT2D eigenvalue weighted by Gasteiger charge is 2.45. The minimum atomic E-state index is 0.0521. The second kappa shape index (κ2) is 7.45. The number of aryl methyl sites for hydroxylation is 1. The number of carbonyl (C=O) groups excluding carboxylic acids is 2. The smallest absolute Gasteiger partial charge is 0.233 e. The molecule has 7 nitrogen and oxygen atoms in total. The van der Waals surface area contributed by atoms with E-state index in [2.05, 4.69) is 20.1 Å². The van der Waals surface area contributed by atoms with E-state index in [9.17, 15) is 9.59 Å². The molecule has 2 aliphatic heterocycles. The van der Waals surface area contributed by atoms with E-state index in [4.69, 9.17) is 0 Å². The van der Waals surface area contributed by atoms with E-state index in [1.807, 2.05) is 18.9 Å². The van der Waals surface area contributed by atoms with E-state index in [0.29, 0.717) is 10.9 Å². The third kappa shape index (κ3) is 4.06. The fraction of sp³-hybridized carbons (Fsp3) is 0.765. The lowest BCUT2D eigenvalue weighted by Gasteiger charge is -2.39. The summed E-state index contributed by atoms with van der Waals surface area (Å²) in [6, 6.07) is 0.0521. The van der Waals surface area contributed by atoms with E-state index >= 15 is 0 Å². The Hall–Kier alpha value is -1.41. The molecule has 3 heterocycles. The molecule has 3 rings (SSSR count). The van der Waals surface area contributed by atoms with Crippen LogP contribution in [-0.4, -0.2) is 75.1 Å². The zero-order chi connectivity index (χ0) is 18.0. The molecular weight excluding hydrogens is 338 g/mol. The van der Waals surface area contributed by atoms with Gasteiger partial charge in [0.05, 0.1) is 11.8 Å². The summed E-state index contributed by atoms with van der Waals surface area (Å²) in [5, 5.41) is 7.62. The fourth-order valence-electron chi connectivity index (χ4n) is 4.03. The topological polar surface area (TPSA) is 82.2 Å². The number of nitrogens with zero attached hydrogens (tertiary/aromatic N) is 4. The van der Waals surface area contributed by atoms with Gasteiger partial charge >= 0.3 is 0 Å². The summed E-state index contributed by atoms with van der Waals surface area (Å²) >= 11 is 1.39. The summed E-state index contributed by atoms with van der Waals surface area (Å²) in [5.74, 6) is 1.63. The molecule has 1 spiro atoms. The summed E-state index contributed by atoms with van der Waals surface area (Å²) in [6.45, 7) is 6.23. The van der Waals surface area contributed by atoms with Gasteiger partial charge in [0.15, 0.2) is 0 Å². The van der Waals surface area contributed by atoms with Crippen LogP contribution < -0.4 is 0 Å². The molecule has 0 aliphatic carbocycles. The number of thioether (sulfide) groups is 1.